The van der Waals surface area contributed by atoms with Gasteiger partial charge in [0.1, 0.15) is 0 Å². The van der Waals surface area contributed by atoms with E-state index >= 15 is 0 Å². The van der Waals surface area contributed by atoms with Gasteiger partial charge in [0.25, 0.3) is 0 Å². The Morgan fingerprint density at radius 2 is 1.61 bits per heavy atom. The molecule has 0 atom stereocenters. The standard InChI is InChI=1S/C17H29N/c1-6-15-7-9-16(10-8-15)11-17(4,5)13-18-12-14(2)3/h7-10,14,18H,6,11-13H2,1-5H3. The molecule has 0 aliphatic rings. The van der Waals surface area contributed by atoms with E-state index in [9.17, 15) is 0 Å². The predicted octanol–water partition coefficient (Wildman–Crippen LogP) is 4.06. The van der Waals surface area contributed by atoms with Gasteiger partial charge in [0.05, 0.1) is 0 Å². The lowest BCUT2D eigenvalue weighted by Gasteiger charge is -2.26. The van der Waals surface area contributed by atoms with Crippen molar-refractivity contribution in [2.75, 3.05) is 13.1 Å². The van der Waals surface area contributed by atoms with Gasteiger partial charge < -0.3 is 5.32 Å². The molecule has 1 heteroatoms. The lowest BCUT2D eigenvalue weighted by Crippen LogP contribution is -2.33. The Morgan fingerprint density at radius 3 is 2.11 bits per heavy atom. The largest absolute Gasteiger partial charge is 0.316 e. The molecule has 0 aromatic heterocycles. The molecule has 0 bridgehead atoms. The van der Waals surface area contributed by atoms with E-state index in [1.54, 1.807) is 0 Å². The van der Waals surface area contributed by atoms with Gasteiger partial charge in [-0.05, 0) is 41.8 Å². The first-order chi connectivity index (χ1) is 8.43. The number of aryl methyl sites for hydroxylation is 1. The molecule has 1 rings (SSSR count). The molecule has 0 heterocycles. The molecular formula is C17H29N. The van der Waals surface area contributed by atoms with Crippen LogP contribution in [-0.4, -0.2) is 13.1 Å². The van der Waals surface area contributed by atoms with Crippen molar-refractivity contribution in [1.29, 1.82) is 0 Å². The number of benzene rings is 1. The average molecular weight is 247 g/mol. The first-order valence-electron chi connectivity index (χ1n) is 7.21. The third-order valence-electron chi connectivity index (χ3n) is 3.27. The van der Waals surface area contributed by atoms with Gasteiger partial charge in [-0.2, -0.15) is 0 Å². The van der Waals surface area contributed by atoms with Crippen LogP contribution in [0.4, 0.5) is 0 Å². The van der Waals surface area contributed by atoms with Gasteiger partial charge in [-0.3, -0.25) is 0 Å². The molecule has 0 aliphatic heterocycles. The summed E-state index contributed by atoms with van der Waals surface area (Å²) in [6.45, 7) is 13.6. The van der Waals surface area contributed by atoms with Crippen LogP contribution in [0.5, 0.6) is 0 Å². The molecule has 1 nitrogen and oxygen atoms in total. The minimum atomic E-state index is 0.322. The zero-order valence-corrected chi connectivity index (χ0v) is 12.7. The second-order valence-corrected chi connectivity index (χ2v) is 6.54. The highest BCUT2D eigenvalue weighted by atomic mass is 14.9. The van der Waals surface area contributed by atoms with Crippen LogP contribution in [0.25, 0.3) is 0 Å². The second kappa shape index (κ2) is 6.94. The van der Waals surface area contributed by atoms with E-state index in [4.69, 9.17) is 0 Å². The molecule has 0 spiro atoms. The van der Waals surface area contributed by atoms with Crippen molar-refractivity contribution in [2.45, 2.75) is 47.5 Å². The minimum Gasteiger partial charge on any atom is -0.316 e. The van der Waals surface area contributed by atoms with Crippen molar-refractivity contribution >= 4 is 0 Å². The molecule has 0 fully saturated rings. The van der Waals surface area contributed by atoms with Gasteiger partial charge in [-0.1, -0.05) is 58.9 Å². The van der Waals surface area contributed by atoms with Gasteiger partial charge in [0.15, 0.2) is 0 Å². The van der Waals surface area contributed by atoms with Crippen LogP contribution in [0.1, 0.15) is 45.7 Å². The van der Waals surface area contributed by atoms with Crippen LogP contribution in [0.15, 0.2) is 24.3 Å². The molecule has 0 saturated heterocycles. The highest BCUT2D eigenvalue weighted by Gasteiger charge is 2.18. The van der Waals surface area contributed by atoms with Gasteiger partial charge in [0.2, 0.25) is 0 Å². The van der Waals surface area contributed by atoms with Crippen LogP contribution in [0.2, 0.25) is 0 Å². The molecule has 0 unspecified atom stereocenters. The summed E-state index contributed by atoms with van der Waals surface area (Å²) >= 11 is 0. The van der Waals surface area contributed by atoms with E-state index in [0.717, 1.165) is 31.8 Å². The number of hydrogen-bond donors (Lipinski definition) is 1. The summed E-state index contributed by atoms with van der Waals surface area (Å²) in [6.07, 6.45) is 2.27. The molecule has 102 valence electrons. The van der Waals surface area contributed by atoms with Crippen LogP contribution in [0, 0.1) is 11.3 Å². The highest BCUT2D eigenvalue weighted by molar-refractivity contribution is 5.23. The Labute approximate surface area is 113 Å². The quantitative estimate of drug-likeness (QED) is 0.766. The monoisotopic (exact) mass is 247 g/mol. The Hall–Kier alpha value is -0.820. The summed E-state index contributed by atoms with van der Waals surface area (Å²) < 4.78 is 0. The first kappa shape index (κ1) is 15.2. The van der Waals surface area contributed by atoms with Crippen molar-refractivity contribution in [3.05, 3.63) is 35.4 Å². The summed E-state index contributed by atoms with van der Waals surface area (Å²) in [5.41, 5.74) is 3.20. The molecule has 1 aromatic carbocycles. The molecule has 1 N–H and O–H groups in total. The van der Waals surface area contributed by atoms with Crippen molar-refractivity contribution in [1.82, 2.24) is 5.32 Å². The fraction of sp³-hybridized carbons (Fsp3) is 0.647. The van der Waals surface area contributed by atoms with Crippen molar-refractivity contribution < 1.29 is 0 Å². The van der Waals surface area contributed by atoms with Gasteiger partial charge >= 0.3 is 0 Å². The Morgan fingerprint density at radius 1 is 1.06 bits per heavy atom. The fourth-order valence-corrected chi connectivity index (χ4v) is 2.21. The first-order valence-corrected chi connectivity index (χ1v) is 7.21. The number of rotatable bonds is 7. The molecule has 0 amide bonds. The van der Waals surface area contributed by atoms with E-state index < -0.39 is 0 Å². The topological polar surface area (TPSA) is 12.0 Å². The molecule has 0 radical (unpaired) electrons. The van der Waals surface area contributed by atoms with E-state index in [-0.39, 0.29) is 0 Å². The average Bonchev–Trinajstić information content (AvgIpc) is 2.28. The zero-order chi connectivity index (χ0) is 13.6. The Kier molecular flexibility index (Phi) is 5.87. The maximum Gasteiger partial charge on any atom is 0.000581 e. The van der Waals surface area contributed by atoms with Crippen LogP contribution < -0.4 is 5.32 Å². The third-order valence-corrected chi connectivity index (χ3v) is 3.27. The molecular weight excluding hydrogens is 218 g/mol. The maximum atomic E-state index is 3.57. The van der Waals surface area contributed by atoms with Crippen LogP contribution >= 0.6 is 0 Å². The number of nitrogens with one attached hydrogen (secondary N) is 1. The van der Waals surface area contributed by atoms with E-state index in [1.807, 2.05) is 0 Å². The van der Waals surface area contributed by atoms with Crippen molar-refractivity contribution in [2.24, 2.45) is 11.3 Å². The number of hydrogen-bond acceptors (Lipinski definition) is 1. The van der Waals surface area contributed by atoms with Gasteiger partial charge in [-0.25, -0.2) is 0 Å². The summed E-state index contributed by atoms with van der Waals surface area (Å²) in [7, 11) is 0. The third kappa shape index (κ3) is 5.68. The normalized spacial score (nSPS) is 12.1. The molecule has 18 heavy (non-hydrogen) atoms. The molecule has 0 aliphatic carbocycles. The lowest BCUT2D eigenvalue weighted by atomic mass is 9.85. The van der Waals surface area contributed by atoms with Crippen LogP contribution in [0.3, 0.4) is 0 Å². The van der Waals surface area contributed by atoms with Crippen molar-refractivity contribution in [3.63, 3.8) is 0 Å². The highest BCUT2D eigenvalue weighted by Crippen LogP contribution is 2.21. The summed E-state index contributed by atoms with van der Waals surface area (Å²) in [6, 6.07) is 9.08. The van der Waals surface area contributed by atoms with E-state index in [1.165, 1.54) is 11.1 Å². The Balaban J connectivity index is 2.47. The maximum absolute atomic E-state index is 3.57. The van der Waals surface area contributed by atoms with Crippen molar-refractivity contribution in [3.8, 4) is 0 Å². The van der Waals surface area contributed by atoms with Crippen LogP contribution in [-0.2, 0) is 12.8 Å². The summed E-state index contributed by atoms with van der Waals surface area (Å²) in [5.74, 6) is 0.727. The van der Waals surface area contributed by atoms with Gasteiger partial charge in [0, 0.05) is 6.54 Å². The predicted molar refractivity (Wildman–Crippen MR) is 81.0 cm³/mol. The smallest absolute Gasteiger partial charge is 0.000581 e. The summed E-state index contributed by atoms with van der Waals surface area (Å²) in [5, 5.41) is 3.57. The minimum absolute atomic E-state index is 0.322. The summed E-state index contributed by atoms with van der Waals surface area (Å²) in [4.78, 5) is 0. The Bertz CT molecular complexity index is 335. The zero-order valence-electron chi connectivity index (χ0n) is 12.7. The van der Waals surface area contributed by atoms with E-state index in [0.29, 0.717) is 5.41 Å². The van der Waals surface area contributed by atoms with Gasteiger partial charge in [-0.15, -0.1) is 0 Å². The van der Waals surface area contributed by atoms with E-state index in [2.05, 4.69) is 64.2 Å². The molecule has 1 aromatic rings. The molecule has 0 saturated carbocycles. The lowest BCUT2D eigenvalue weighted by molar-refractivity contribution is 0.330. The SMILES string of the molecule is CCc1ccc(CC(C)(C)CNCC(C)C)cc1. The fourth-order valence-electron chi connectivity index (χ4n) is 2.21. The second-order valence-electron chi connectivity index (χ2n) is 6.54.